The molecule has 4 rings (SSSR count). The molecule has 1 aromatic heterocycles. The van der Waals surface area contributed by atoms with Crippen molar-refractivity contribution in [2.75, 3.05) is 5.43 Å². The van der Waals surface area contributed by atoms with Crippen LogP contribution in [0.15, 0.2) is 52.4 Å². The predicted molar refractivity (Wildman–Crippen MR) is 114 cm³/mol. The van der Waals surface area contributed by atoms with Crippen LogP contribution in [0.3, 0.4) is 0 Å². The first-order valence-electron chi connectivity index (χ1n) is 9.69. The molecular formula is C22H23N5O2. The van der Waals surface area contributed by atoms with Gasteiger partial charge in [-0.15, -0.1) is 0 Å². The number of nitrogens with zero attached hydrogens (tertiary/aromatic N) is 3. The van der Waals surface area contributed by atoms with Gasteiger partial charge in [-0.25, -0.2) is 9.66 Å². The van der Waals surface area contributed by atoms with Crippen LogP contribution in [0.2, 0.25) is 0 Å². The third-order valence-electron chi connectivity index (χ3n) is 5.26. The molecule has 1 atom stereocenters. The SMILES string of the molecule is CCC(=O)Nn1c(C2CC(c3ccc(C)c(C)c3)=NN2)nc2ccccc2c1=O. The molecule has 29 heavy (non-hydrogen) atoms. The van der Waals surface area contributed by atoms with Gasteiger partial charge in [0.1, 0.15) is 6.04 Å². The Kier molecular flexibility index (Phi) is 4.88. The third-order valence-corrected chi connectivity index (χ3v) is 5.26. The Morgan fingerprint density at radius 2 is 2.00 bits per heavy atom. The van der Waals surface area contributed by atoms with Gasteiger partial charge in [0.15, 0.2) is 5.82 Å². The third kappa shape index (κ3) is 3.51. The maximum absolute atomic E-state index is 13.0. The molecule has 1 aliphatic rings. The first kappa shape index (κ1) is 18.9. The fourth-order valence-electron chi connectivity index (χ4n) is 3.39. The van der Waals surface area contributed by atoms with Crippen LogP contribution in [0, 0.1) is 13.8 Å². The lowest BCUT2D eigenvalue weighted by Crippen LogP contribution is -2.38. The molecule has 0 radical (unpaired) electrons. The van der Waals surface area contributed by atoms with E-state index < -0.39 is 0 Å². The standard InChI is InChI=1S/C22H23N5O2/c1-4-20(28)26-27-21(23-17-8-6-5-7-16(17)22(27)29)19-12-18(24-25-19)15-10-9-13(2)14(3)11-15/h5-11,19,25H,4,12H2,1-3H3,(H,26,28). The molecule has 0 fully saturated rings. The summed E-state index contributed by atoms with van der Waals surface area (Å²) in [5.41, 5.74) is 10.4. The largest absolute Gasteiger partial charge is 0.299 e. The molecule has 0 saturated heterocycles. The summed E-state index contributed by atoms with van der Waals surface area (Å²) in [6.45, 7) is 5.89. The number of para-hydroxylation sites is 1. The van der Waals surface area contributed by atoms with E-state index in [1.165, 1.54) is 15.8 Å². The minimum absolute atomic E-state index is 0.251. The molecule has 7 nitrogen and oxygen atoms in total. The minimum atomic E-state index is -0.318. The molecule has 2 N–H and O–H groups in total. The number of carbonyl (C=O) groups excluding carboxylic acids is 1. The van der Waals surface area contributed by atoms with Crippen LogP contribution in [0.4, 0.5) is 0 Å². The van der Waals surface area contributed by atoms with Crippen LogP contribution < -0.4 is 16.4 Å². The molecule has 0 spiro atoms. The molecule has 3 aromatic rings. The molecule has 0 bridgehead atoms. The lowest BCUT2D eigenvalue weighted by Gasteiger charge is -2.18. The van der Waals surface area contributed by atoms with E-state index in [1.54, 1.807) is 25.1 Å². The Morgan fingerprint density at radius 3 is 2.76 bits per heavy atom. The highest BCUT2D eigenvalue weighted by Crippen LogP contribution is 2.24. The van der Waals surface area contributed by atoms with Gasteiger partial charge in [-0.2, -0.15) is 5.10 Å². The zero-order valence-electron chi connectivity index (χ0n) is 16.7. The zero-order valence-corrected chi connectivity index (χ0v) is 16.7. The Labute approximate surface area is 168 Å². The van der Waals surface area contributed by atoms with Crippen molar-refractivity contribution in [1.82, 2.24) is 15.1 Å². The molecule has 1 unspecified atom stereocenters. The smallest absolute Gasteiger partial charge is 0.280 e. The number of hydrogen-bond donors (Lipinski definition) is 2. The van der Waals surface area contributed by atoms with E-state index in [0.717, 1.165) is 11.3 Å². The minimum Gasteiger partial charge on any atom is -0.299 e. The highest BCUT2D eigenvalue weighted by molar-refractivity contribution is 6.02. The fourth-order valence-corrected chi connectivity index (χ4v) is 3.39. The first-order valence-corrected chi connectivity index (χ1v) is 9.69. The number of hydrazone groups is 1. The number of rotatable bonds is 4. The Hall–Kier alpha value is -3.48. The number of fused-ring (bicyclic) bond motifs is 1. The number of amides is 1. The normalized spacial score (nSPS) is 15.8. The van der Waals surface area contributed by atoms with E-state index in [0.29, 0.717) is 23.1 Å². The average molecular weight is 389 g/mol. The van der Waals surface area contributed by atoms with Crippen LogP contribution >= 0.6 is 0 Å². The van der Waals surface area contributed by atoms with Crippen molar-refractivity contribution < 1.29 is 4.79 Å². The topological polar surface area (TPSA) is 88.4 Å². The van der Waals surface area contributed by atoms with E-state index in [1.807, 2.05) is 12.1 Å². The van der Waals surface area contributed by atoms with Crippen molar-refractivity contribution in [3.63, 3.8) is 0 Å². The van der Waals surface area contributed by atoms with Crippen LogP contribution in [0.1, 0.15) is 48.3 Å². The van der Waals surface area contributed by atoms with Crippen LogP contribution in [0.5, 0.6) is 0 Å². The second kappa shape index (κ2) is 7.50. The summed E-state index contributed by atoms with van der Waals surface area (Å²) >= 11 is 0. The number of aryl methyl sites for hydroxylation is 2. The Balaban J connectivity index is 1.73. The maximum atomic E-state index is 13.0. The van der Waals surface area contributed by atoms with Crippen molar-refractivity contribution in [1.29, 1.82) is 0 Å². The molecule has 0 aliphatic carbocycles. The summed E-state index contributed by atoms with van der Waals surface area (Å²) in [6.07, 6.45) is 0.830. The van der Waals surface area contributed by atoms with Crippen LogP contribution in [0.25, 0.3) is 10.9 Å². The number of nitrogens with one attached hydrogen (secondary N) is 2. The van der Waals surface area contributed by atoms with Crippen molar-refractivity contribution >= 4 is 22.5 Å². The van der Waals surface area contributed by atoms with E-state index in [4.69, 9.17) is 0 Å². The number of benzene rings is 2. The average Bonchev–Trinajstić information content (AvgIpc) is 3.22. The molecule has 1 aliphatic heterocycles. The van der Waals surface area contributed by atoms with Gasteiger partial charge >= 0.3 is 0 Å². The lowest BCUT2D eigenvalue weighted by atomic mass is 9.99. The van der Waals surface area contributed by atoms with E-state index in [2.05, 4.69) is 46.9 Å². The van der Waals surface area contributed by atoms with Crippen molar-refractivity contribution in [3.05, 3.63) is 75.3 Å². The van der Waals surface area contributed by atoms with E-state index in [-0.39, 0.29) is 23.9 Å². The van der Waals surface area contributed by atoms with Gasteiger partial charge in [0.05, 0.1) is 16.6 Å². The van der Waals surface area contributed by atoms with Crippen molar-refractivity contribution in [2.24, 2.45) is 5.10 Å². The van der Waals surface area contributed by atoms with Gasteiger partial charge in [-0.1, -0.05) is 31.2 Å². The molecule has 2 heterocycles. The summed E-state index contributed by atoms with van der Waals surface area (Å²) in [6, 6.07) is 13.0. The van der Waals surface area contributed by atoms with Gasteiger partial charge in [0.25, 0.3) is 5.56 Å². The van der Waals surface area contributed by atoms with Crippen LogP contribution in [-0.2, 0) is 4.79 Å². The Bertz CT molecular complexity index is 1200. The molecule has 7 heteroatoms. The van der Waals surface area contributed by atoms with Crippen LogP contribution in [-0.4, -0.2) is 21.3 Å². The van der Waals surface area contributed by atoms with Crippen molar-refractivity contribution in [3.8, 4) is 0 Å². The number of hydrogen-bond acceptors (Lipinski definition) is 5. The highest BCUT2D eigenvalue weighted by atomic mass is 16.2. The highest BCUT2D eigenvalue weighted by Gasteiger charge is 2.27. The molecule has 2 aromatic carbocycles. The fraction of sp³-hybridized carbons (Fsp3) is 0.273. The first-order chi connectivity index (χ1) is 14.0. The Morgan fingerprint density at radius 1 is 1.21 bits per heavy atom. The molecule has 1 amide bonds. The lowest BCUT2D eigenvalue weighted by molar-refractivity contribution is -0.116. The van der Waals surface area contributed by atoms with E-state index >= 15 is 0 Å². The van der Waals surface area contributed by atoms with Gasteiger partial charge in [0, 0.05) is 12.8 Å². The summed E-state index contributed by atoms with van der Waals surface area (Å²) in [5, 5.41) is 4.94. The number of aromatic nitrogens is 2. The quantitative estimate of drug-likeness (QED) is 0.718. The van der Waals surface area contributed by atoms with Gasteiger partial charge in [0.2, 0.25) is 5.91 Å². The van der Waals surface area contributed by atoms with E-state index in [9.17, 15) is 9.59 Å². The summed E-state index contributed by atoms with van der Waals surface area (Å²) < 4.78 is 1.25. The van der Waals surface area contributed by atoms with Gasteiger partial charge in [-0.3, -0.25) is 20.4 Å². The predicted octanol–water partition coefficient (Wildman–Crippen LogP) is 2.93. The second-order valence-electron chi connectivity index (χ2n) is 7.26. The molecule has 148 valence electrons. The summed E-state index contributed by atoms with van der Waals surface area (Å²) in [7, 11) is 0. The second-order valence-corrected chi connectivity index (χ2v) is 7.26. The summed E-state index contributed by atoms with van der Waals surface area (Å²) in [5.74, 6) is 0.191. The van der Waals surface area contributed by atoms with Crippen molar-refractivity contribution in [2.45, 2.75) is 39.7 Å². The molecule has 0 saturated carbocycles. The monoisotopic (exact) mass is 389 g/mol. The molecular weight excluding hydrogens is 366 g/mol. The number of carbonyl (C=O) groups is 1. The summed E-state index contributed by atoms with van der Waals surface area (Å²) in [4.78, 5) is 29.8. The zero-order chi connectivity index (χ0) is 20.5. The van der Waals surface area contributed by atoms with Gasteiger partial charge in [-0.05, 0) is 48.7 Å². The van der Waals surface area contributed by atoms with Gasteiger partial charge < -0.3 is 0 Å². The maximum Gasteiger partial charge on any atom is 0.280 e.